The number of benzene rings is 1. The van der Waals surface area contributed by atoms with Crippen LogP contribution in [-0.2, 0) is 20.0 Å². The Labute approximate surface area is 164 Å². The van der Waals surface area contributed by atoms with Gasteiger partial charge in [-0.1, -0.05) is 24.3 Å². The van der Waals surface area contributed by atoms with E-state index in [1.807, 2.05) is 22.6 Å². The highest BCUT2D eigenvalue weighted by molar-refractivity contribution is 5.96. The van der Waals surface area contributed by atoms with Crippen molar-refractivity contribution in [3.8, 4) is 0 Å². The third-order valence-corrected chi connectivity index (χ3v) is 6.23. The Morgan fingerprint density at radius 3 is 2.68 bits per heavy atom. The fraction of sp³-hybridized carbons (Fsp3) is 0.409. The number of hydrogen-bond acceptors (Lipinski definition) is 4. The SMILES string of the molecule is Cn1cnc2cc(C(=O)N3CCC(N4CCc5ccccc5C4)CC3)cnc21. The first-order valence-electron chi connectivity index (χ1n) is 10.1. The number of rotatable bonds is 2. The van der Waals surface area contributed by atoms with Crippen molar-refractivity contribution in [2.24, 2.45) is 7.05 Å². The summed E-state index contributed by atoms with van der Waals surface area (Å²) < 4.78 is 1.87. The van der Waals surface area contributed by atoms with Gasteiger partial charge >= 0.3 is 0 Å². The zero-order chi connectivity index (χ0) is 19.1. The lowest BCUT2D eigenvalue weighted by molar-refractivity contribution is 0.0599. The number of likely N-dealkylation sites (tertiary alicyclic amines) is 1. The predicted molar refractivity (Wildman–Crippen MR) is 108 cm³/mol. The molecule has 2 aliphatic rings. The molecule has 0 aliphatic carbocycles. The summed E-state index contributed by atoms with van der Waals surface area (Å²) in [4.78, 5) is 26.2. The van der Waals surface area contributed by atoms with Crippen LogP contribution in [0.25, 0.3) is 11.2 Å². The van der Waals surface area contributed by atoms with E-state index in [2.05, 4.69) is 39.1 Å². The highest BCUT2D eigenvalue weighted by Gasteiger charge is 2.29. The van der Waals surface area contributed by atoms with Gasteiger partial charge in [-0.3, -0.25) is 9.69 Å². The highest BCUT2D eigenvalue weighted by Crippen LogP contribution is 2.25. The second-order valence-corrected chi connectivity index (χ2v) is 7.93. The topological polar surface area (TPSA) is 54.3 Å². The number of fused-ring (bicyclic) bond motifs is 2. The standard InChI is InChI=1S/C22H25N5O/c1-25-15-24-20-12-18(13-23-21(20)25)22(28)26-10-7-19(8-11-26)27-9-6-16-4-2-3-5-17(16)14-27/h2-5,12-13,15,19H,6-11,14H2,1H3. The van der Waals surface area contributed by atoms with Gasteiger partial charge in [0.15, 0.2) is 5.65 Å². The Morgan fingerprint density at radius 2 is 1.86 bits per heavy atom. The molecule has 0 bridgehead atoms. The van der Waals surface area contributed by atoms with Crippen molar-refractivity contribution in [2.75, 3.05) is 19.6 Å². The van der Waals surface area contributed by atoms with Crippen molar-refractivity contribution < 1.29 is 4.79 Å². The molecule has 0 N–H and O–H groups in total. The number of carbonyl (C=O) groups excluding carboxylic acids is 1. The van der Waals surface area contributed by atoms with Crippen molar-refractivity contribution in [3.63, 3.8) is 0 Å². The number of amides is 1. The van der Waals surface area contributed by atoms with Crippen molar-refractivity contribution in [3.05, 3.63) is 59.5 Å². The second kappa shape index (κ2) is 7.02. The van der Waals surface area contributed by atoms with Crippen molar-refractivity contribution in [2.45, 2.75) is 31.8 Å². The van der Waals surface area contributed by atoms with Crippen molar-refractivity contribution >= 4 is 17.1 Å². The first-order valence-corrected chi connectivity index (χ1v) is 10.1. The molecule has 0 radical (unpaired) electrons. The van der Waals surface area contributed by atoms with Gasteiger partial charge in [0.2, 0.25) is 0 Å². The fourth-order valence-corrected chi connectivity index (χ4v) is 4.58. The molecule has 5 rings (SSSR count). The Balaban J connectivity index is 1.23. The predicted octanol–water partition coefficient (Wildman–Crippen LogP) is 2.63. The summed E-state index contributed by atoms with van der Waals surface area (Å²) in [6.45, 7) is 3.77. The first kappa shape index (κ1) is 17.4. The number of nitrogens with zero attached hydrogens (tertiary/aromatic N) is 5. The Morgan fingerprint density at radius 1 is 1.07 bits per heavy atom. The molecule has 2 aliphatic heterocycles. The van der Waals surface area contributed by atoms with E-state index in [4.69, 9.17) is 0 Å². The van der Waals surface area contributed by atoms with Gasteiger partial charge in [0.25, 0.3) is 5.91 Å². The van der Waals surface area contributed by atoms with E-state index in [0.717, 1.165) is 56.6 Å². The largest absolute Gasteiger partial charge is 0.338 e. The van der Waals surface area contributed by atoms with Gasteiger partial charge in [-0.25, -0.2) is 9.97 Å². The summed E-state index contributed by atoms with van der Waals surface area (Å²) >= 11 is 0. The Kier molecular flexibility index (Phi) is 4.36. The number of carbonyl (C=O) groups is 1. The minimum Gasteiger partial charge on any atom is -0.338 e. The van der Waals surface area contributed by atoms with Crippen LogP contribution in [0.15, 0.2) is 42.9 Å². The van der Waals surface area contributed by atoms with Crippen LogP contribution in [-0.4, -0.2) is 55.9 Å². The molecule has 1 amide bonds. The van der Waals surface area contributed by atoms with Crippen LogP contribution in [0.1, 0.15) is 34.3 Å². The molecule has 0 saturated carbocycles. The average molecular weight is 375 g/mol. The minimum absolute atomic E-state index is 0.0718. The van der Waals surface area contributed by atoms with Gasteiger partial charge in [-0.15, -0.1) is 0 Å². The number of imidazole rings is 1. The molecule has 6 nitrogen and oxygen atoms in total. The second-order valence-electron chi connectivity index (χ2n) is 7.93. The molecule has 2 aromatic heterocycles. The van der Waals surface area contributed by atoms with Crippen LogP contribution in [0.2, 0.25) is 0 Å². The van der Waals surface area contributed by atoms with E-state index in [1.165, 1.54) is 11.1 Å². The van der Waals surface area contributed by atoms with Crippen LogP contribution < -0.4 is 0 Å². The van der Waals surface area contributed by atoms with Gasteiger partial charge in [0.05, 0.1) is 11.9 Å². The van der Waals surface area contributed by atoms with Crippen molar-refractivity contribution in [1.29, 1.82) is 0 Å². The molecule has 144 valence electrons. The maximum absolute atomic E-state index is 12.9. The smallest absolute Gasteiger partial charge is 0.255 e. The number of aryl methyl sites for hydroxylation is 1. The van der Waals surface area contributed by atoms with Gasteiger partial charge in [-0.05, 0) is 36.5 Å². The summed E-state index contributed by atoms with van der Waals surface area (Å²) in [7, 11) is 1.91. The molecule has 0 spiro atoms. The molecule has 1 aromatic carbocycles. The van der Waals surface area contributed by atoms with Crippen LogP contribution >= 0.6 is 0 Å². The number of aromatic nitrogens is 3. The van der Waals surface area contributed by atoms with E-state index in [-0.39, 0.29) is 5.91 Å². The highest BCUT2D eigenvalue weighted by atomic mass is 16.2. The maximum Gasteiger partial charge on any atom is 0.255 e. The quantitative estimate of drug-likeness (QED) is 0.691. The molecule has 28 heavy (non-hydrogen) atoms. The van der Waals surface area contributed by atoms with E-state index >= 15 is 0 Å². The third-order valence-electron chi connectivity index (χ3n) is 6.23. The molecule has 4 heterocycles. The molecule has 1 fully saturated rings. The van der Waals surface area contributed by atoms with Gasteiger partial charge in [-0.2, -0.15) is 0 Å². The summed E-state index contributed by atoms with van der Waals surface area (Å²) in [5.41, 5.74) is 5.16. The zero-order valence-corrected chi connectivity index (χ0v) is 16.2. The molecule has 3 aromatic rings. The van der Waals surface area contributed by atoms with Crippen LogP contribution in [0.4, 0.5) is 0 Å². The van der Waals surface area contributed by atoms with E-state index < -0.39 is 0 Å². The number of pyridine rings is 1. The lowest BCUT2D eigenvalue weighted by Gasteiger charge is -2.40. The molecular formula is C22H25N5O. The van der Waals surface area contributed by atoms with Crippen LogP contribution in [0, 0.1) is 0 Å². The van der Waals surface area contributed by atoms with Crippen molar-refractivity contribution in [1.82, 2.24) is 24.3 Å². The van der Waals surface area contributed by atoms with E-state index in [0.29, 0.717) is 11.6 Å². The van der Waals surface area contributed by atoms with Crippen LogP contribution in [0.3, 0.4) is 0 Å². The lowest BCUT2D eigenvalue weighted by atomic mass is 9.95. The zero-order valence-electron chi connectivity index (χ0n) is 16.2. The van der Waals surface area contributed by atoms with Crippen LogP contribution in [0.5, 0.6) is 0 Å². The minimum atomic E-state index is 0.0718. The molecule has 0 atom stereocenters. The summed E-state index contributed by atoms with van der Waals surface area (Å²) in [5, 5.41) is 0. The Hall–Kier alpha value is -2.73. The molecular weight excluding hydrogens is 350 g/mol. The van der Waals surface area contributed by atoms with Gasteiger partial charge in [0, 0.05) is 45.5 Å². The van der Waals surface area contributed by atoms with Gasteiger partial charge in [0.1, 0.15) is 5.52 Å². The lowest BCUT2D eigenvalue weighted by Crippen LogP contribution is -2.48. The summed E-state index contributed by atoms with van der Waals surface area (Å²) in [5.74, 6) is 0.0718. The summed E-state index contributed by atoms with van der Waals surface area (Å²) in [6, 6.07) is 11.2. The monoisotopic (exact) mass is 375 g/mol. The summed E-state index contributed by atoms with van der Waals surface area (Å²) in [6.07, 6.45) is 6.61. The molecule has 0 unspecified atom stereocenters. The number of hydrogen-bond donors (Lipinski definition) is 0. The first-order chi connectivity index (χ1) is 13.7. The van der Waals surface area contributed by atoms with E-state index in [9.17, 15) is 4.79 Å². The molecule has 6 heteroatoms. The van der Waals surface area contributed by atoms with Gasteiger partial charge < -0.3 is 9.47 Å². The normalized spacial score (nSPS) is 18.4. The fourth-order valence-electron chi connectivity index (χ4n) is 4.58. The van der Waals surface area contributed by atoms with E-state index in [1.54, 1.807) is 12.5 Å². The average Bonchev–Trinajstić information content (AvgIpc) is 3.13. The molecule has 1 saturated heterocycles. The third kappa shape index (κ3) is 3.07. The Bertz CT molecular complexity index is 1020. The maximum atomic E-state index is 12.9. The number of piperidine rings is 1.